The van der Waals surface area contributed by atoms with Crippen LogP contribution in [0.15, 0.2) is 0 Å². The molecule has 2 heterocycles. The summed E-state index contributed by atoms with van der Waals surface area (Å²) in [6.07, 6.45) is 7.56. The van der Waals surface area contributed by atoms with Crippen LogP contribution in [0.2, 0.25) is 0 Å². The second-order valence-corrected chi connectivity index (χ2v) is 9.08. The van der Waals surface area contributed by atoms with E-state index < -0.39 is 0 Å². The zero-order chi connectivity index (χ0) is 21.6. The molecular weight excluding hydrogens is 384 g/mol. The van der Waals surface area contributed by atoms with Crippen LogP contribution in [0.25, 0.3) is 0 Å². The topological polar surface area (TPSA) is 114 Å². The summed E-state index contributed by atoms with van der Waals surface area (Å²) in [7, 11) is 3.95. The van der Waals surface area contributed by atoms with Gasteiger partial charge in [-0.05, 0) is 51.6 Å². The second kappa shape index (κ2) is 10.4. The van der Waals surface area contributed by atoms with Crippen LogP contribution >= 0.6 is 0 Å². The van der Waals surface area contributed by atoms with Crippen LogP contribution < -0.4 is 5.73 Å². The van der Waals surface area contributed by atoms with Crippen molar-refractivity contribution in [2.45, 2.75) is 75.0 Å². The molecule has 0 radical (unpaired) electrons. The molecule has 30 heavy (non-hydrogen) atoms. The number of ether oxygens (including phenoxy) is 4. The van der Waals surface area contributed by atoms with Crippen molar-refractivity contribution < 1.29 is 18.9 Å². The predicted molar refractivity (Wildman–Crippen MR) is 110 cm³/mol. The van der Waals surface area contributed by atoms with Gasteiger partial charge < -0.3 is 24.7 Å². The predicted octanol–water partition coefficient (Wildman–Crippen LogP) is 2.14. The van der Waals surface area contributed by atoms with Gasteiger partial charge in [-0.15, -0.1) is 0 Å². The van der Waals surface area contributed by atoms with Gasteiger partial charge in [0.2, 0.25) is 0 Å². The number of hydrogen-bond donors (Lipinski definition) is 1. The number of rotatable bonds is 3. The highest BCUT2D eigenvalue weighted by molar-refractivity contribution is 4.98. The smallest absolute Gasteiger partial charge is 0.168 e. The second-order valence-electron chi connectivity index (χ2n) is 9.08. The molecule has 2 saturated carbocycles. The summed E-state index contributed by atoms with van der Waals surface area (Å²) in [5.74, 6) is 0.144. The van der Waals surface area contributed by atoms with Crippen LogP contribution in [-0.4, -0.2) is 69.1 Å². The fourth-order valence-electron chi connectivity index (χ4n) is 5.15. The summed E-state index contributed by atoms with van der Waals surface area (Å²) in [5, 5.41) is 17.9. The highest BCUT2D eigenvalue weighted by Crippen LogP contribution is 2.40. The van der Waals surface area contributed by atoms with Gasteiger partial charge in [0.05, 0.1) is 44.6 Å². The fraction of sp³-hybridized carbons (Fsp3) is 0.909. The molecule has 0 aromatic carbocycles. The van der Waals surface area contributed by atoms with Gasteiger partial charge in [-0.1, -0.05) is 0 Å². The van der Waals surface area contributed by atoms with E-state index in [9.17, 15) is 0 Å². The Labute approximate surface area is 180 Å². The van der Waals surface area contributed by atoms with Crippen molar-refractivity contribution in [1.29, 1.82) is 10.5 Å². The Morgan fingerprint density at radius 2 is 1.17 bits per heavy atom. The van der Waals surface area contributed by atoms with Gasteiger partial charge in [-0.25, -0.2) is 0 Å². The van der Waals surface area contributed by atoms with E-state index in [4.69, 9.17) is 35.2 Å². The van der Waals surface area contributed by atoms with Crippen molar-refractivity contribution in [2.75, 3.05) is 40.5 Å². The minimum atomic E-state index is -0.328. The van der Waals surface area contributed by atoms with E-state index >= 15 is 0 Å². The largest absolute Gasteiger partial charge is 0.348 e. The van der Waals surface area contributed by atoms with Gasteiger partial charge in [-0.2, -0.15) is 10.5 Å². The molecule has 4 fully saturated rings. The SMILES string of the molecule is CN(C)C(C#N)C1CCC2(CC1)OCCO2.N#CC(N)C1CCC2(CC1)OCCO2. The number of hydrogen-bond acceptors (Lipinski definition) is 8. The molecule has 8 heteroatoms. The Bertz CT molecular complexity index is 612. The third-order valence-electron chi connectivity index (χ3n) is 7.00. The standard InChI is InChI=1S/C12H20N2O2.C10H16N2O2/c1-14(2)11(9-13)10-3-5-12(6-4-10)15-7-8-16-12;11-7-9(12)8-1-3-10(4-2-8)13-5-6-14-10/h10-11H,3-8H2,1-2H3;8-9H,1-6,12H2. The molecule has 2 N–H and O–H groups in total. The summed E-state index contributed by atoms with van der Waals surface area (Å²) < 4.78 is 22.6. The normalized spacial score (nSPS) is 29.7. The van der Waals surface area contributed by atoms with Gasteiger partial charge in [0.15, 0.2) is 11.6 Å². The molecule has 0 aromatic rings. The van der Waals surface area contributed by atoms with E-state index in [1.54, 1.807) is 0 Å². The Morgan fingerprint density at radius 1 is 0.767 bits per heavy atom. The molecule has 2 saturated heterocycles. The van der Waals surface area contributed by atoms with Crippen molar-refractivity contribution in [1.82, 2.24) is 4.90 Å². The summed E-state index contributed by atoms with van der Waals surface area (Å²) in [6, 6.07) is 4.21. The molecule has 2 aliphatic heterocycles. The van der Waals surface area contributed by atoms with Gasteiger partial charge >= 0.3 is 0 Å². The minimum absolute atomic E-state index is 0.0266. The van der Waals surface area contributed by atoms with Crippen LogP contribution in [0.5, 0.6) is 0 Å². The first-order valence-electron chi connectivity index (χ1n) is 11.2. The molecule has 0 bridgehead atoms. The average molecular weight is 421 g/mol. The van der Waals surface area contributed by atoms with E-state index in [0.717, 1.165) is 64.6 Å². The maximum atomic E-state index is 9.15. The quantitative estimate of drug-likeness (QED) is 0.739. The van der Waals surface area contributed by atoms with Crippen LogP contribution in [-0.2, 0) is 18.9 Å². The molecular formula is C22H36N4O4. The van der Waals surface area contributed by atoms with E-state index in [0.29, 0.717) is 25.0 Å². The summed E-state index contributed by atoms with van der Waals surface area (Å²) >= 11 is 0. The molecule has 8 nitrogen and oxygen atoms in total. The number of nitrogens with zero attached hydrogens (tertiary/aromatic N) is 3. The number of nitriles is 2. The Hall–Kier alpha value is -1.26. The number of nitrogens with two attached hydrogens (primary N) is 1. The lowest BCUT2D eigenvalue weighted by Gasteiger charge is -2.38. The molecule has 2 unspecified atom stereocenters. The lowest BCUT2D eigenvalue weighted by atomic mass is 9.81. The van der Waals surface area contributed by atoms with Crippen LogP contribution in [0.1, 0.15) is 51.4 Å². The maximum absolute atomic E-state index is 9.15. The molecule has 0 aromatic heterocycles. The van der Waals surface area contributed by atoms with Crippen LogP contribution in [0, 0.1) is 34.5 Å². The fourth-order valence-corrected chi connectivity index (χ4v) is 5.15. The van der Waals surface area contributed by atoms with Crippen molar-refractivity contribution in [3.8, 4) is 12.1 Å². The Morgan fingerprint density at radius 3 is 1.50 bits per heavy atom. The lowest BCUT2D eigenvalue weighted by Crippen LogP contribution is -2.41. The maximum Gasteiger partial charge on any atom is 0.168 e. The van der Waals surface area contributed by atoms with E-state index in [-0.39, 0.29) is 23.7 Å². The van der Waals surface area contributed by atoms with E-state index in [1.165, 1.54) is 0 Å². The molecule has 4 aliphatic rings. The van der Waals surface area contributed by atoms with Gasteiger partial charge in [0, 0.05) is 25.7 Å². The molecule has 4 rings (SSSR count). The minimum Gasteiger partial charge on any atom is -0.348 e. The molecule has 0 amide bonds. The molecule has 168 valence electrons. The summed E-state index contributed by atoms with van der Waals surface area (Å²) in [4.78, 5) is 2.01. The summed E-state index contributed by atoms with van der Waals surface area (Å²) in [5.41, 5.74) is 5.69. The molecule has 2 aliphatic carbocycles. The average Bonchev–Trinajstić information content (AvgIpc) is 3.41. The van der Waals surface area contributed by atoms with Gasteiger partial charge in [0.25, 0.3) is 0 Å². The van der Waals surface area contributed by atoms with Crippen molar-refractivity contribution in [3.05, 3.63) is 0 Å². The Kier molecular flexibility index (Phi) is 8.09. The van der Waals surface area contributed by atoms with Crippen molar-refractivity contribution in [2.24, 2.45) is 17.6 Å². The van der Waals surface area contributed by atoms with Gasteiger partial charge in [-0.3, -0.25) is 4.90 Å². The van der Waals surface area contributed by atoms with Crippen molar-refractivity contribution >= 4 is 0 Å². The zero-order valence-corrected chi connectivity index (χ0v) is 18.3. The van der Waals surface area contributed by atoms with E-state index in [2.05, 4.69) is 12.1 Å². The molecule has 2 spiro atoms. The highest BCUT2D eigenvalue weighted by Gasteiger charge is 2.43. The van der Waals surface area contributed by atoms with Crippen molar-refractivity contribution in [3.63, 3.8) is 0 Å². The first-order valence-corrected chi connectivity index (χ1v) is 11.2. The summed E-state index contributed by atoms with van der Waals surface area (Å²) in [6.45, 7) is 2.85. The monoisotopic (exact) mass is 420 g/mol. The first-order chi connectivity index (χ1) is 14.4. The third kappa shape index (κ3) is 5.50. The van der Waals surface area contributed by atoms with Crippen LogP contribution in [0.3, 0.4) is 0 Å². The molecule has 2 atom stereocenters. The highest BCUT2D eigenvalue weighted by atomic mass is 16.7. The van der Waals surface area contributed by atoms with Gasteiger partial charge in [0.1, 0.15) is 6.04 Å². The van der Waals surface area contributed by atoms with E-state index in [1.807, 2.05) is 19.0 Å². The third-order valence-corrected chi connectivity index (χ3v) is 7.00. The zero-order valence-electron chi connectivity index (χ0n) is 18.3. The Balaban J connectivity index is 0.000000172. The lowest BCUT2D eigenvalue weighted by molar-refractivity contribution is -0.184. The van der Waals surface area contributed by atoms with Crippen LogP contribution in [0.4, 0.5) is 0 Å². The first kappa shape index (κ1) is 23.4.